The third-order valence-corrected chi connectivity index (χ3v) is 9.38. The Kier molecular flexibility index (Phi) is 8.16. The predicted molar refractivity (Wildman–Crippen MR) is 184 cm³/mol. The van der Waals surface area contributed by atoms with Crippen molar-refractivity contribution in [1.29, 1.82) is 0 Å². The quantitative estimate of drug-likeness (QED) is 0.180. The van der Waals surface area contributed by atoms with Gasteiger partial charge in [0, 0.05) is 17.5 Å². The van der Waals surface area contributed by atoms with Crippen LogP contribution in [0.1, 0.15) is 29.5 Å². The van der Waals surface area contributed by atoms with Crippen molar-refractivity contribution >= 4 is 34.2 Å². The van der Waals surface area contributed by atoms with E-state index in [1.165, 1.54) is 6.07 Å². The molecule has 1 aliphatic rings. The minimum Gasteiger partial charge on any atom is -0.308 e. The van der Waals surface area contributed by atoms with E-state index in [4.69, 9.17) is 16.7 Å². The molecule has 1 unspecified atom stereocenters. The van der Waals surface area contributed by atoms with Gasteiger partial charge in [0.05, 0.1) is 16.5 Å². The van der Waals surface area contributed by atoms with E-state index in [0.717, 1.165) is 41.6 Å². The first-order chi connectivity index (χ1) is 22.5. The maximum Gasteiger partial charge on any atom is 0.229 e. The number of rotatable bonds is 7. The standard InChI is InChI=1S/C39H34ClFN4O/c1-44-24-12-13-28(26-44)38(46)42-37-32-25-27(36-33(40)20-11-21-34(36)41)22-23-35(32)45(43-37)39(29-14-5-2-6-15-29,30-16-7-3-8-17-30)31-18-9-4-10-19-31/h2-11,14-23,25,28H,12-13,24,26H2,1H3,(H,42,43,46). The number of carbonyl (C=O) groups is 1. The predicted octanol–water partition coefficient (Wildman–Crippen LogP) is 8.62. The van der Waals surface area contributed by atoms with Crippen molar-refractivity contribution in [3.05, 3.63) is 155 Å². The Morgan fingerprint density at radius 2 is 1.46 bits per heavy atom. The summed E-state index contributed by atoms with van der Waals surface area (Å²) >= 11 is 6.54. The summed E-state index contributed by atoms with van der Waals surface area (Å²) in [6.07, 6.45) is 1.77. The zero-order valence-electron chi connectivity index (χ0n) is 25.5. The fourth-order valence-corrected chi connectivity index (χ4v) is 7.17. The Morgan fingerprint density at radius 1 is 0.848 bits per heavy atom. The van der Waals surface area contributed by atoms with Crippen LogP contribution in [-0.2, 0) is 10.3 Å². The summed E-state index contributed by atoms with van der Waals surface area (Å²) < 4.78 is 17.2. The summed E-state index contributed by atoms with van der Waals surface area (Å²) in [6.45, 7) is 1.66. The molecular formula is C39H34ClFN4O. The summed E-state index contributed by atoms with van der Waals surface area (Å²) in [5, 5.41) is 9.48. The summed E-state index contributed by atoms with van der Waals surface area (Å²) in [7, 11) is 2.04. The number of fused-ring (bicyclic) bond motifs is 1. The number of aromatic nitrogens is 2. The highest BCUT2D eigenvalue weighted by Gasteiger charge is 2.41. The van der Waals surface area contributed by atoms with Crippen LogP contribution in [0.25, 0.3) is 22.0 Å². The van der Waals surface area contributed by atoms with Crippen LogP contribution in [0, 0.1) is 11.7 Å². The van der Waals surface area contributed by atoms with Crippen molar-refractivity contribution in [2.24, 2.45) is 5.92 Å². The van der Waals surface area contributed by atoms with Gasteiger partial charge in [-0.2, -0.15) is 5.10 Å². The number of nitrogens with one attached hydrogen (secondary N) is 1. The average Bonchev–Trinajstić information content (AvgIpc) is 3.44. The molecule has 0 spiro atoms. The number of halogens is 2. The molecule has 46 heavy (non-hydrogen) atoms. The number of amides is 1. The van der Waals surface area contributed by atoms with Gasteiger partial charge in [-0.25, -0.2) is 9.07 Å². The maximum absolute atomic E-state index is 15.2. The fraction of sp³-hybridized carbons (Fsp3) is 0.179. The van der Waals surface area contributed by atoms with E-state index >= 15 is 4.39 Å². The smallest absolute Gasteiger partial charge is 0.229 e. The van der Waals surface area contributed by atoms with Crippen LogP contribution in [0.3, 0.4) is 0 Å². The maximum atomic E-state index is 15.2. The lowest BCUT2D eigenvalue weighted by molar-refractivity contribution is -0.121. The van der Waals surface area contributed by atoms with Gasteiger partial charge in [-0.15, -0.1) is 0 Å². The van der Waals surface area contributed by atoms with Gasteiger partial charge in [-0.1, -0.05) is 115 Å². The molecular weight excluding hydrogens is 595 g/mol. The minimum atomic E-state index is -0.910. The van der Waals surface area contributed by atoms with Gasteiger partial charge in [0.25, 0.3) is 0 Å². The van der Waals surface area contributed by atoms with Crippen molar-refractivity contribution in [3.8, 4) is 11.1 Å². The molecule has 1 N–H and O–H groups in total. The molecule has 7 heteroatoms. The molecule has 1 aromatic heterocycles. The first-order valence-corrected chi connectivity index (χ1v) is 16.0. The van der Waals surface area contributed by atoms with E-state index in [-0.39, 0.29) is 11.8 Å². The van der Waals surface area contributed by atoms with E-state index in [9.17, 15) is 4.79 Å². The van der Waals surface area contributed by atoms with E-state index in [2.05, 4.69) is 46.6 Å². The van der Waals surface area contributed by atoms with E-state index in [1.807, 2.05) is 84.5 Å². The molecule has 0 radical (unpaired) electrons. The molecule has 2 heterocycles. The summed E-state index contributed by atoms with van der Waals surface area (Å²) in [4.78, 5) is 16.0. The monoisotopic (exact) mass is 628 g/mol. The second-order valence-corrected chi connectivity index (χ2v) is 12.4. The van der Waals surface area contributed by atoms with Gasteiger partial charge in [0.1, 0.15) is 11.4 Å². The molecule has 1 aliphatic heterocycles. The van der Waals surface area contributed by atoms with Crippen LogP contribution >= 0.6 is 11.6 Å². The summed E-state index contributed by atoms with van der Waals surface area (Å²) in [5.74, 6) is -0.223. The Morgan fingerprint density at radius 3 is 2.02 bits per heavy atom. The number of carbonyl (C=O) groups excluding carboxylic acids is 1. The Hall–Kier alpha value is -4.78. The minimum absolute atomic E-state index is 0.0721. The lowest BCUT2D eigenvalue weighted by atomic mass is 9.77. The van der Waals surface area contributed by atoms with E-state index < -0.39 is 11.4 Å². The molecule has 1 fully saturated rings. The van der Waals surface area contributed by atoms with Gasteiger partial charge in [-0.3, -0.25) is 4.79 Å². The highest BCUT2D eigenvalue weighted by Crippen LogP contribution is 2.44. The molecule has 5 aromatic carbocycles. The Labute approximate surface area is 273 Å². The first-order valence-electron chi connectivity index (χ1n) is 15.6. The molecule has 0 aliphatic carbocycles. The number of nitrogens with zero attached hydrogens (tertiary/aromatic N) is 3. The normalized spacial score (nSPS) is 15.6. The van der Waals surface area contributed by atoms with Crippen LogP contribution in [0.4, 0.5) is 10.2 Å². The van der Waals surface area contributed by atoms with Gasteiger partial charge in [0.2, 0.25) is 5.91 Å². The molecule has 230 valence electrons. The zero-order valence-corrected chi connectivity index (χ0v) is 26.3. The van der Waals surface area contributed by atoms with E-state index in [1.54, 1.807) is 12.1 Å². The third-order valence-electron chi connectivity index (χ3n) is 9.06. The first kappa shape index (κ1) is 29.9. The molecule has 1 atom stereocenters. The lowest BCUT2D eigenvalue weighted by Gasteiger charge is -2.37. The van der Waals surface area contributed by atoms with Crippen molar-refractivity contribution in [1.82, 2.24) is 14.7 Å². The molecule has 7 rings (SSSR count). The molecule has 0 saturated carbocycles. The number of piperidine rings is 1. The van der Waals surface area contributed by atoms with Gasteiger partial charge in [-0.05, 0) is 73.0 Å². The average molecular weight is 629 g/mol. The van der Waals surface area contributed by atoms with Crippen molar-refractivity contribution < 1.29 is 9.18 Å². The van der Waals surface area contributed by atoms with Gasteiger partial charge >= 0.3 is 0 Å². The SMILES string of the molecule is CN1CCCC(C(=O)Nc2nn(C(c3ccccc3)(c3ccccc3)c3ccccc3)c3ccc(-c4c(F)cccc4Cl)cc23)C1. The Balaban J connectivity index is 1.52. The van der Waals surface area contributed by atoms with Crippen molar-refractivity contribution in [3.63, 3.8) is 0 Å². The fourth-order valence-electron chi connectivity index (χ4n) is 6.90. The van der Waals surface area contributed by atoms with Crippen LogP contribution < -0.4 is 5.32 Å². The molecule has 1 saturated heterocycles. The molecule has 0 bridgehead atoms. The topological polar surface area (TPSA) is 50.2 Å². The summed E-state index contributed by atoms with van der Waals surface area (Å²) in [5.41, 5.74) is 3.80. The van der Waals surface area contributed by atoms with Crippen LogP contribution in [-0.4, -0.2) is 40.7 Å². The second-order valence-electron chi connectivity index (χ2n) is 12.0. The second kappa shape index (κ2) is 12.5. The number of hydrogen-bond donors (Lipinski definition) is 1. The molecule has 6 aromatic rings. The summed E-state index contributed by atoms with van der Waals surface area (Å²) in [6, 6.07) is 41.2. The number of hydrogen-bond acceptors (Lipinski definition) is 3. The highest BCUT2D eigenvalue weighted by atomic mass is 35.5. The number of likely N-dealkylation sites (tertiary alicyclic amines) is 1. The highest BCUT2D eigenvalue weighted by molar-refractivity contribution is 6.33. The lowest BCUT2D eigenvalue weighted by Crippen LogP contribution is -2.39. The van der Waals surface area contributed by atoms with Gasteiger partial charge in [0.15, 0.2) is 5.82 Å². The van der Waals surface area contributed by atoms with Crippen LogP contribution in [0.5, 0.6) is 0 Å². The van der Waals surface area contributed by atoms with Crippen molar-refractivity contribution in [2.45, 2.75) is 18.4 Å². The van der Waals surface area contributed by atoms with Crippen LogP contribution in [0.2, 0.25) is 5.02 Å². The van der Waals surface area contributed by atoms with Crippen molar-refractivity contribution in [2.75, 3.05) is 25.5 Å². The van der Waals surface area contributed by atoms with Crippen LogP contribution in [0.15, 0.2) is 127 Å². The third kappa shape index (κ3) is 5.27. The number of anilines is 1. The van der Waals surface area contributed by atoms with Gasteiger partial charge < -0.3 is 10.2 Å². The molecule has 5 nitrogen and oxygen atoms in total. The number of benzene rings is 5. The Bertz CT molecular complexity index is 1880. The largest absolute Gasteiger partial charge is 0.308 e. The van der Waals surface area contributed by atoms with E-state index in [0.29, 0.717) is 33.9 Å². The zero-order chi connectivity index (χ0) is 31.7. The molecule has 1 amide bonds.